The summed E-state index contributed by atoms with van der Waals surface area (Å²) in [5.41, 5.74) is 5.14. The Morgan fingerprint density at radius 3 is 2.83 bits per heavy atom. The van der Waals surface area contributed by atoms with Crippen molar-refractivity contribution in [3.05, 3.63) is 53.5 Å². The molecule has 184 valence electrons. The van der Waals surface area contributed by atoms with Crippen molar-refractivity contribution in [1.82, 2.24) is 35.3 Å². The van der Waals surface area contributed by atoms with E-state index in [-0.39, 0.29) is 18.2 Å². The topological polar surface area (TPSA) is 109 Å². The fourth-order valence-corrected chi connectivity index (χ4v) is 4.38. The second kappa shape index (κ2) is 10.0. The number of urea groups is 1. The molecule has 2 aliphatic heterocycles. The lowest BCUT2D eigenvalue weighted by Crippen LogP contribution is -2.58. The van der Waals surface area contributed by atoms with Gasteiger partial charge in [-0.25, -0.2) is 14.8 Å². The summed E-state index contributed by atoms with van der Waals surface area (Å²) in [4.78, 5) is 23.0. The van der Waals surface area contributed by atoms with Crippen LogP contribution >= 0.6 is 0 Å². The first kappa shape index (κ1) is 23.3. The van der Waals surface area contributed by atoms with Crippen LogP contribution in [0.25, 0.3) is 11.3 Å². The third-order valence-electron chi connectivity index (χ3n) is 6.26. The van der Waals surface area contributed by atoms with Gasteiger partial charge in [-0.1, -0.05) is 12.1 Å². The van der Waals surface area contributed by atoms with Crippen molar-refractivity contribution in [3.63, 3.8) is 0 Å². The van der Waals surface area contributed by atoms with E-state index in [1.807, 2.05) is 49.7 Å². The lowest BCUT2D eigenvalue weighted by Gasteiger charge is -2.39. The number of carbonyl (C=O) groups is 1. The van der Waals surface area contributed by atoms with Gasteiger partial charge in [-0.3, -0.25) is 4.68 Å². The Balaban J connectivity index is 1.19. The Labute approximate surface area is 205 Å². The molecule has 2 amide bonds. The number of carbonyl (C=O) groups excluding carboxylic acids is 1. The molecule has 3 N–H and O–H groups in total. The highest BCUT2D eigenvalue weighted by Gasteiger charge is 2.31. The number of amides is 2. The predicted octanol–water partition coefficient (Wildman–Crippen LogP) is 2.81. The molecule has 0 aliphatic carbocycles. The molecule has 0 atom stereocenters. The number of fused-ring (bicyclic) bond motifs is 1. The highest BCUT2D eigenvalue weighted by atomic mass is 16.5. The summed E-state index contributed by atoms with van der Waals surface area (Å²) in [6.07, 6.45) is 1.88. The highest BCUT2D eigenvalue weighted by Crippen LogP contribution is 2.24. The lowest BCUT2D eigenvalue weighted by atomic mass is 10.0. The molecule has 3 aromatic rings. The minimum atomic E-state index is -0.0552. The van der Waals surface area contributed by atoms with Crippen molar-refractivity contribution in [2.45, 2.75) is 52.6 Å². The van der Waals surface area contributed by atoms with Gasteiger partial charge >= 0.3 is 6.03 Å². The quantitative estimate of drug-likeness (QED) is 0.481. The first-order valence-electron chi connectivity index (χ1n) is 12.1. The standard InChI is InChI=1S/C25H32N8O2/c1-16(2)35-21-13-32(14-21)25(34)27-11-19-5-4-18(8-17(19)3)22-10-23(29-15-28-22)30-24-9-20-12-26-6-7-33(20)31-24/h4-5,8-10,15-16,21,26H,6-7,11-14H2,1-3H3,(H,27,34)(H,28,29,30,31). The van der Waals surface area contributed by atoms with Gasteiger partial charge in [0.05, 0.1) is 43.2 Å². The molecule has 10 nitrogen and oxygen atoms in total. The Hall–Kier alpha value is -3.50. The van der Waals surface area contributed by atoms with Crippen LogP contribution in [0.2, 0.25) is 0 Å². The lowest BCUT2D eigenvalue weighted by molar-refractivity contribution is -0.0641. The van der Waals surface area contributed by atoms with Gasteiger partial charge in [0.25, 0.3) is 0 Å². The van der Waals surface area contributed by atoms with E-state index in [2.05, 4.69) is 37.1 Å². The number of rotatable bonds is 7. The summed E-state index contributed by atoms with van der Waals surface area (Å²) in [7, 11) is 0. The average Bonchev–Trinajstić information content (AvgIpc) is 3.22. The molecule has 35 heavy (non-hydrogen) atoms. The monoisotopic (exact) mass is 476 g/mol. The van der Waals surface area contributed by atoms with Crippen LogP contribution in [0.3, 0.4) is 0 Å². The van der Waals surface area contributed by atoms with Crippen molar-refractivity contribution in [3.8, 4) is 11.3 Å². The van der Waals surface area contributed by atoms with Crippen molar-refractivity contribution in [2.24, 2.45) is 0 Å². The number of hydrogen-bond donors (Lipinski definition) is 3. The number of nitrogens with one attached hydrogen (secondary N) is 3. The number of anilines is 2. The molecule has 0 unspecified atom stereocenters. The molecule has 0 saturated carbocycles. The predicted molar refractivity (Wildman–Crippen MR) is 133 cm³/mol. The first-order valence-corrected chi connectivity index (χ1v) is 12.1. The van der Waals surface area contributed by atoms with Crippen LogP contribution in [0, 0.1) is 6.92 Å². The zero-order valence-electron chi connectivity index (χ0n) is 20.4. The minimum absolute atomic E-state index is 0.0552. The molecule has 0 bridgehead atoms. The number of ether oxygens (including phenoxy) is 1. The van der Waals surface area contributed by atoms with E-state index in [1.165, 1.54) is 0 Å². The number of hydrogen-bond acceptors (Lipinski definition) is 7. The fourth-order valence-electron chi connectivity index (χ4n) is 4.38. The molecule has 2 aliphatic rings. The summed E-state index contributed by atoms with van der Waals surface area (Å²) in [6, 6.07) is 10.1. The average molecular weight is 477 g/mol. The zero-order chi connectivity index (χ0) is 24.4. The molecule has 1 fully saturated rings. The maximum absolute atomic E-state index is 12.4. The third-order valence-corrected chi connectivity index (χ3v) is 6.26. The van der Waals surface area contributed by atoms with Crippen LogP contribution in [0.15, 0.2) is 36.7 Å². The molecule has 2 aromatic heterocycles. The van der Waals surface area contributed by atoms with Crippen molar-refractivity contribution >= 4 is 17.7 Å². The molecule has 0 radical (unpaired) electrons. The Morgan fingerprint density at radius 2 is 2.06 bits per heavy atom. The zero-order valence-corrected chi connectivity index (χ0v) is 20.4. The summed E-state index contributed by atoms with van der Waals surface area (Å²) in [5, 5.41) is 14.3. The van der Waals surface area contributed by atoms with Crippen LogP contribution in [0.1, 0.15) is 30.7 Å². The fraction of sp³-hybridized carbons (Fsp3) is 0.440. The number of aromatic nitrogens is 4. The Kier molecular flexibility index (Phi) is 6.65. The van der Waals surface area contributed by atoms with E-state index in [9.17, 15) is 4.79 Å². The van der Waals surface area contributed by atoms with E-state index < -0.39 is 0 Å². The maximum atomic E-state index is 12.4. The third kappa shape index (κ3) is 5.44. The second-order valence-electron chi connectivity index (χ2n) is 9.35. The van der Waals surface area contributed by atoms with E-state index in [0.29, 0.717) is 25.5 Å². The SMILES string of the molecule is Cc1cc(-c2cc(Nc3cc4n(n3)CCNC4)ncn2)ccc1CNC(=O)N1CC(OC(C)C)C1. The van der Waals surface area contributed by atoms with Gasteiger partial charge in [0.15, 0.2) is 5.82 Å². The summed E-state index contributed by atoms with van der Waals surface area (Å²) in [6.45, 7) is 10.4. The van der Waals surface area contributed by atoms with Gasteiger partial charge in [-0.05, 0) is 38.0 Å². The number of nitrogens with zero attached hydrogens (tertiary/aromatic N) is 5. The first-order chi connectivity index (χ1) is 16.9. The summed E-state index contributed by atoms with van der Waals surface area (Å²) >= 11 is 0. The van der Waals surface area contributed by atoms with Crippen LogP contribution in [0.5, 0.6) is 0 Å². The highest BCUT2D eigenvalue weighted by molar-refractivity contribution is 5.75. The van der Waals surface area contributed by atoms with Crippen molar-refractivity contribution in [1.29, 1.82) is 0 Å². The van der Waals surface area contributed by atoms with Crippen molar-refractivity contribution in [2.75, 3.05) is 25.0 Å². The molecule has 1 saturated heterocycles. The van der Waals surface area contributed by atoms with E-state index in [4.69, 9.17) is 4.74 Å². The number of likely N-dealkylation sites (tertiary alicyclic amines) is 1. The van der Waals surface area contributed by atoms with E-state index in [1.54, 1.807) is 11.2 Å². The van der Waals surface area contributed by atoms with Crippen LogP contribution in [-0.4, -0.2) is 62.5 Å². The molecular formula is C25H32N8O2. The van der Waals surface area contributed by atoms with Crippen molar-refractivity contribution < 1.29 is 9.53 Å². The second-order valence-corrected chi connectivity index (χ2v) is 9.35. The normalized spacial score (nSPS) is 15.6. The number of aryl methyl sites for hydroxylation is 1. The molecule has 10 heteroatoms. The Bertz CT molecular complexity index is 1180. The van der Waals surface area contributed by atoms with Gasteiger partial charge in [-0.15, -0.1) is 0 Å². The Morgan fingerprint density at radius 1 is 1.20 bits per heavy atom. The van der Waals surface area contributed by atoms with Gasteiger partial charge in [0.1, 0.15) is 12.1 Å². The summed E-state index contributed by atoms with van der Waals surface area (Å²) in [5.74, 6) is 1.47. The van der Waals surface area contributed by atoms with Crippen LogP contribution in [0.4, 0.5) is 16.4 Å². The molecule has 1 aromatic carbocycles. The van der Waals surface area contributed by atoms with Gasteiger partial charge in [-0.2, -0.15) is 5.10 Å². The largest absolute Gasteiger partial charge is 0.372 e. The molecule has 4 heterocycles. The van der Waals surface area contributed by atoms with Crippen LogP contribution in [-0.2, 0) is 24.4 Å². The van der Waals surface area contributed by atoms with Gasteiger partial charge < -0.3 is 25.6 Å². The summed E-state index contributed by atoms with van der Waals surface area (Å²) < 4.78 is 7.74. The molecule has 0 spiro atoms. The molecular weight excluding hydrogens is 444 g/mol. The number of benzene rings is 1. The van der Waals surface area contributed by atoms with E-state index >= 15 is 0 Å². The maximum Gasteiger partial charge on any atom is 0.317 e. The minimum Gasteiger partial charge on any atom is -0.372 e. The van der Waals surface area contributed by atoms with Gasteiger partial charge in [0, 0.05) is 37.3 Å². The van der Waals surface area contributed by atoms with E-state index in [0.717, 1.165) is 53.5 Å². The van der Waals surface area contributed by atoms with Gasteiger partial charge in [0.2, 0.25) is 0 Å². The molecule has 5 rings (SSSR count). The van der Waals surface area contributed by atoms with Crippen LogP contribution < -0.4 is 16.0 Å². The smallest absolute Gasteiger partial charge is 0.317 e.